The predicted molar refractivity (Wildman–Crippen MR) is 128 cm³/mol. The van der Waals surface area contributed by atoms with Gasteiger partial charge in [-0.3, -0.25) is 10.3 Å². The molecule has 0 amide bonds. The van der Waals surface area contributed by atoms with Gasteiger partial charge in [0, 0.05) is 43.3 Å². The number of phenolic OH excluding ortho intramolecular Hbond substituents is 1. The predicted octanol–water partition coefficient (Wildman–Crippen LogP) is 6.80. The standard InChI is InChI=1S/C23H19Br2ClN2O2/c1-30-22-8-5-15(25)10-18(22)23-27-19(13-3-2-4-14(24)9-13)12-20(28-23)17-11-16(26)6-7-21(17)29/h2-11,20,23,28-29H,12H2,1H3/t20-,23-/m0/s1. The first kappa shape index (κ1) is 21.4. The molecule has 0 unspecified atom stereocenters. The number of nitrogens with one attached hydrogen (secondary N) is 1. The maximum atomic E-state index is 10.5. The summed E-state index contributed by atoms with van der Waals surface area (Å²) in [6, 6.07) is 18.8. The van der Waals surface area contributed by atoms with Gasteiger partial charge in [0.15, 0.2) is 0 Å². The number of nitrogens with zero attached hydrogens (tertiary/aromatic N) is 1. The normalized spacial score (nSPS) is 18.7. The van der Waals surface area contributed by atoms with Crippen LogP contribution in [0.2, 0.25) is 5.02 Å². The van der Waals surface area contributed by atoms with Crippen LogP contribution in [0.3, 0.4) is 0 Å². The third kappa shape index (κ3) is 4.57. The number of methoxy groups -OCH3 is 1. The van der Waals surface area contributed by atoms with Crippen LogP contribution in [0.4, 0.5) is 0 Å². The van der Waals surface area contributed by atoms with Gasteiger partial charge in [0.1, 0.15) is 17.7 Å². The quantitative estimate of drug-likeness (QED) is 0.376. The average molecular weight is 551 g/mol. The molecule has 1 aliphatic rings. The fraction of sp³-hybridized carbons (Fsp3) is 0.174. The third-order valence-corrected chi connectivity index (χ3v) is 6.27. The molecule has 1 heterocycles. The Morgan fingerprint density at radius 2 is 1.83 bits per heavy atom. The Kier molecular flexibility index (Phi) is 6.48. The molecule has 2 N–H and O–H groups in total. The van der Waals surface area contributed by atoms with Gasteiger partial charge < -0.3 is 9.84 Å². The van der Waals surface area contributed by atoms with Gasteiger partial charge in [0.2, 0.25) is 0 Å². The summed E-state index contributed by atoms with van der Waals surface area (Å²) in [7, 11) is 1.65. The highest BCUT2D eigenvalue weighted by atomic mass is 79.9. The zero-order valence-electron chi connectivity index (χ0n) is 16.1. The molecule has 0 aliphatic carbocycles. The van der Waals surface area contributed by atoms with Crippen molar-refractivity contribution in [2.75, 3.05) is 7.11 Å². The van der Waals surface area contributed by atoms with E-state index in [1.54, 1.807) is 25.3 Å². The monoisotopic (exact) mass is 548 g/mol. The van der Waals surface area contributed by atoms with Gasteiger partial charge in [0.25, 0.3) is 0 Å². The summed E-state index contributed by atoms with van der Waals surface area (Å²) in [6.07, 6.45) is 0.250. The lowest BCUT2D eigenvalue weighted by molar-refractivity contribution is 0.381. The Balaban J connectivity index is 1.83. The number of ether oxygens (including phenoxy) is 1. The van der Waals surface area contributed by atoms with Crippen LogP contribution in [0.15, 0.2) is 74.6 Å². The van der Waals surface area contributed by atoms with Crippen LogP contribution < -0.4 is 10.1 Å². The number of rotatable bonds is 4. The molecule has 0 spiro atoms. The van der Waals surface area contributed by atoms with Crippen molar-refractivity contribution in [1.29, 1.82) is 0 Å². The molecule has 0 saturated heterocycles. The molecule has 0 fully saturated rings. The van der Waals surface area contributed by atoms with Crippen molar-refractivity contribution in [3.63, 3.8) is 0 Å². The van der Waals surface area contributed by atoms with Crippen LogP contribution in [0.25, 0.3) is 0 Å². The molecule has 0 saturated carbocycles. The van der Waals surface area contributed by atoms with Gasteiger partial charge >= 0.3 is 0 Å². The van der Waals surface area contributed by atoms with Crippen LogP contribution in [-0.4, -0.2) is 17.9 Å². The SMILES string of the molecule is COc1ccc(Br)cc1[C@H]1N=C(c2cccc(Br)c2)C[C@@H](c2cc(Cl)ccc2O)N1. The van der Waals surface area contributed by atoms with E-state index in [0.29, 0.717) is 11.4 Å². The number of benzene rings is 3. The number of aromatic hydroxyl groups is 1. The maximum absolute atomic E-state index is 10.5. The maximum Gasteiger partial charge on any atom is 0.130 e. The lowest BCUT2D eigenvalue weighted by Crippen LogP contribution is -2.33. The second kappa shape index (κ2) is 9.10. The van der Waals surface area contributed by atoms with Crippen LogP contribution in [0.1, 0.15) is 35.3 Å². The number of aliphatic imine (C=N–C) groups is 1. The summed E-state index contributed by atoms with van der Waals surface area (Å²) in [5, 5.41) is 14.6. The number of hydrogen-bond acceptors (Lipinski definition) is 4. The van der Waals surface area contributed by atoms with Crippen molar-refractivity contribution >= 4 is 49.2 Å². The van der Waals surface area contributed by atoms with Gasteiger partial charge in [-0.05, 0) is 54.1 Å². The Morgan fingerprint density at radius 3 is 2.60 bits per heavy atom. The molecule has 2 atom stereocenters. The van der Waals surface area contributed by atoms with E-state index in [-0.39, 0.29) is 18.0 Å². The Labute approximate surface area is 197 Å². The Bertz CT molecular complexity index is 1120. The first-order chi connectivity index (χ1) is 14.4. The zero-order valence-corrected chi connectivity index (χ0v) is 20.0. The fourth-order valence-corrected chi connectivity index (χ4v) is 4.59. The first-order valence-corrected chi connectivity index (χ1v) is 11.3. The Morgan fingerprint density at radius 1 is 1.03 bits per heavy atom. The third-order valence-electron chi connectivity index (χ3n) is 5.05. The second-order valence-electron chi connectivity index (χ2n) is 7.00. The smallest absolute Gasteiger partial charge is 0.130 e. The van der Waals surface area contributed by atoms with E-state index in [9.17, 15) is 5.11 Å². The molecule has 154 valence electrons. The van der Waals surface area contributed by atoms with Crippen molar-refractivity contribution in [2.45, 2.75) is 18.6 Å². The fourth-order valence-electron chi connectivity index (χ4n) is 3.63. The largest absolute Gasteiger partial charge is 0.508 e. The van der Waals surface area contributed by atoms with Crippen molar-refractivity contribution in [3.8, 4) is 11.5 Å². The van der Waals surface area contributed by atoms with E-state index in [1.807, 2.05) is 42.5 Å². The molecule has 3 aromatic carbocycles. The molecule has 0 radical (unpaired) electrons. The van der Waals surface area contributed by atoms with Gasteiger partial charge in [-0.15, -0.1) is 0 Å². The first-order valence-electron chi connectivity index (χ1n) is 9.35. The number of halogens is 3. The van der Waals surface area contributed by atoms with Crippen molar-refractivity contribution in [2.24, 2.45) is 4.99 Å². The highest BCUT2D eigenvalue weighted by Gasteiger charge is 2.29. The van der Waals surface area contributed by atoms with Gasteiger partial charge in [-0.25, -0.2) is 0 Å². The molecule has 4 nitrogen and oxygen atoms in total. The van der Waals surface area contributed by atoms with Crippen molar-refractivity contribution in [3.05, 3.63) is 91.3 Å². The molecule has 0 bridgehead atoms. The van der Waals surface area contributed by atoms with Crippen LogP contribution in [0.5, 0.6) is 11.5 Å². The van der Waals surface area contributed by atoms with E-state index in [2.05, 4.69) is 37.2 Å². The zero-order chi connectivity index (χ0) is 21.3. The summed E-state index contributed by atoms with van der Waals surface area (Å²) >= 11 is 13.3. The summed E-state index contributed by atoms with van der Waals surface area (Å²) in [6.45, 7) is 0. The minimum atomic E-state index is -0.358. The highest BCUT2D eigenvalue weighted by Crippen LogP contribution is 2.38. The van der Waals surface area contributed by atoms with Crippen LogP contribution >= 0.6 is 43.5 Å². The lowest BCUT2D eigenvalue weighted by Gasteiger charge is -2.31. The highest BCUT2D eigenvalue weighted by molar-refractivity contribution is 9.10. The van der Waals surface area contributed by atoms with Gasteiger partial charge in [-0.2, -0.15) is 0 Å². The van der Waals surface area contributed by atoms with Gasteiger partial charge in [0.05, 0.1) is 7.11 Å². The molecular weight excluding hydrogens is 532 g/mol. The van der Waals surface area contributed by atoms with E-state index in [4.69, 9.17) is 21.3 Å². The molecule has 1 aliphatic heterocycles. The van der Waals surface area contributed by atoms with Crippen molar-refractivity contribution < 1.29 is 9.84 Å². The number of hydrogen-bond donors (Lipinski definition) is 2. The van der Waals surface area contributed by atoms with E-state index >= 15 is 0 Å². The van der Waals surface area contributed by atoms with E-state index in [1.165, 1.54) is 0 Å². The molecular formula is C23H19Br2ClN2O2. The summed E-state index contributed by atoms with van der Waals surface area (Å²) in [4.78, 5) is 5.01. The summed E-state index contributed by atoms with van der Waals surface area (Å²) in [5.41, 5.74) is 3.61. The summed E-state index contributed by atoms with van der Waals surface area (Å²) < 4.78 is 7.51. The number of phenols is 1. The lowest BCUT2D eigenvalue weighted by atomic mass is 9.93. The van der Waals surface area contributed by atoms with Crippen LogP contribution in [-0.2, 0) is 0 Å². The molecule has 30 heavy (non-hydrogen) atoms. The van der Waals surface area contributed by atoms with Crippen molar-refractivity contribution in [1.82, 2.24) is 5.32 Å². The van der Waals surface area contributed by atoms with Gasteiger partial charge in [-0.1, -0.05) is 55.6 Å². The van der Waals surface area contributed by atoms with Crippen LogP contribution in [0, 0.1) is 0 Å². The second-order valence-corrected chi connectivity index (χ2v) is 9.27. The molecule has 7 heteroatoms. The van der Waals surface area contributed by atoms with E-state index in [0.717, 1.165) is 37.1 Å². The average Bonchev–Trinajstić information content (AvgIpc) is 2.75. The Hall–Kier alpha value is -1.86. The summed E-state index contributed by atoms with van der Waals surface area (Å²) in [5.74, 6) is 0.941. The minimum Gasteiger partial charge on any atom is -0.508 e. The minimum absolute atomic E-state index is 0.177. The molecule has 3 aromatic rings. The topological polar surface area (TPSA) is 53.9 Å². The molecule has 4 rings (SSSR count). The van der Waals surface area contributed by atoms with E-state index < -0.39 is 0 Å². The molecule has 0 aromatic heterocycles.